The van der Waals surface area contributed by atoms with Gasteiger partial charge in [0.05, 0.1) is 6.54 Å². The fraction of sp³-hybridized carbons (Fsp3) is 0.542. The average Bonchev–Trinajstić information content (AvgIpc) is 3.15. The quantitative estimate of drug-likeness (QED) is 0.385. The van der Waals surface area contributed by atoms with Gasteiger partial charge in [-0.3, -0.25) is 14.3 Å². The summed E-state index contributed by atoms with van der Waals surface area (Å²) >= 11 is 0. The van der Waals surface area contributed by atoms with Crippen LogP contribution in [-0.4, -0.2) is 43.5 Å². The van der Waals surface area contributed by atoms with E-state index in [0.29, 0.717) is 24.2 Å². The van der Waals surface area contributed by atoms with Crippen LogP contribution in [0.4, 0.5) is 5.95 Å². The molecule has 9 nitrogen and oxygen atoms in total. The molecule has 0 spiro atoms. The van der Waals surface area contributed by atoms with Crippen LogP contribution in [-0.2, 0) is 13.6 Å². The first-order chi connectivity index (χ1) is 15.8. The lowest BCUT2D eigenvalue weighted by atomic mass is 9.99. The van der Waals surface area contributed by atoms with Gasteiger partial charge in [-0.05, 0) is 37.0 Å². The van der Waals surface area contributed by atoms with Crippen molar-refractivity contribution < 1.29 is 9.84 Å². The smallest absolute Gasteiger partial charge is 0.329 e. The SMILES string of the molecule is CCCCC(CC)CNc1nc2c(c(=O)[nH]c(=O)n2C)n1CC(O)COc1cccc(C)c1. The van der Waals surface area contributed by atoms with Crippen molar-refractivity contribution in [3.63, 3.8) is 0 Å². The number of nitrogens with zero attached hydrogens (tertiary/aromatic N) is 3. The van der Waals surface area contributed by atoms with Crippen molar-refractivity contribution in [2.45, 2.75) is 59.1 Å². The Morgan fingerprint density at radius 2 is 2.06 bits per heavy atom. The first-order valence-electron chi connectivity index (χ1n) is 11.6. The fourth-order valence-corrected chi connectivity index (χ4v) is 3.89. The maximum Gasteiger partial charge on any atom is 0.329 e. The zero-order valence-electron chi connectivity index (χ0n) is 19.9. The predicted molar refractivity (Wildman–Crippen MR) is 130 cm³/mol. The number of aromatic amines is 1. The van der Waals surface area contributed by atoms with E-state index in [1.807, 2.05) is 31.2 Å². The number of anilines is 1. The molecule has 1 aromatic carbocycles. The van der Waals surface area contributed by atoms with Gasteiger partial charge in [-0.25, -0.2) is 4.79 Å². The molecule has 0 aliphatic rings. The number of aromatic nitrogens is 4. The molecule has 0 fully saturated rings. The highest BCUT2D eigenvalue weighted by molar-refractivity contribution is 5.74. The van der Waals surface area contributed by atoms with E-state index in [4.69, 9.17) is 4.74 Å². The number of hydrogen-bond acceptors (Lipinski definition) is 6. The van der Waals surface area contributed by atoms with Crippen molar-refractivity contribution in [1.29, 1.82) is 0 Å². The van der Waals surface area contributed by atoms with Gasteiger partial charge in [0, 0.05) is 13.6 Å². The number of aryl methyl sites for hydroxylation is 2. The van der Waals surface area contributed by atoms with Crippen LogP contribution in [0.1, 0.15) is 45.1 Å². The Labute approximate surface area is 193 Å². The molecule has 0 bridgehead atoms. The third-order valence-corrected chi connectivity index (χ3v) is 5.92. The minimum atomic E-state index is -0.887. The maximum absolute atomic E-state index is 12.6. The first kappa shape index (κ1) is 24.6. The van der Waals surface area contributed by atoms with Crippen molar-refractivity contribution in [2.75, 3.05) is 18.5 Å². The second-order valence-electron chi connectivity index (χ2n) is 8.62. The average molecular weight is 458 g/mol. The number of benzene rings is 1. The van der Waals surface area contributed by atoms with Crippen molar-refractivity contribution in [3.05, 3.63) is 50.7 Å². The molecule has 33 heavy (non-hydrogen) atoms. The molecule has 0 saturated carbocycles. The molecule has 3 N–H and O–H groups in total. The summed E-state index contributed by atoms with van der Waals surface area (Å²) in [6.07, 6.45) is 3.53. The van der Waals surface area contributed by atoms with E-state index in [0.717, 1.165) is 31.2 Å². The number of unbranched alkanes of at least 4 members (excludes halogenated alkanes) is 1. The molecule has 2 aromatic heterocycles. The zero-order chi connectivity index (χ0) is 24.0. The van der Waals surface area contributed by atoms with E-state index in [1.165, 1.54) is 4.57 Å². The monoisotopic (exact) mass is 457 g/mol. The summed E-state index contributed by atoms with van der Waals surface area (Å²) in [7, 11) is 1.56. The van der Waals surface area contributed by atoms with Crippen molar-refractivity contribution in [3.8, 4) is 5.75 Å². The summed E-state index contributed by atoms with van der Waals surface area (Å²) in [5, 5.41) is 14.1. The predicted octanol–water partition coefficient (Wildman–Crippen LogP) is 2.80. The van der Waals surface area contributed by atoms with Crippen molar-refractivity contribution in [2.24, 2.45) is 13.0 Å². The molecule has 2 atom stereocenters. The number of imidazole rings is 1. The summed E-state index contributed by atoms with van der Waals surface area (Å²) in [5.74, 6) is 1.60. The minimum absolute atomic E-state index is 0.0559. The van der Waals surface area contributed by atoms with Gasteiger partial charge < -0.3 is 19.7 Å². The molecular weight excluding hydrogens is 422 g/mol. The molecule has 9 heteroatoms. The van der Waals surface area contributed by atoms with Crippen LogP contribution >= 0.6 is 0 Å². The highest BCUT2D eigenvalue weighted by Crippen LogP contribution is 2.19. The van der Waals surface area contributed by atoms with Crippen LogP contribution in [0.5, 0.6) is 5.75 Å². The second kappa shape index (κ2) is 11.2. The van der Waals surface area contributed by atoms with Crippen LogP contribution in [0.2, 0.25) is 0 Å². The van der Waals surface area contributed by atoms with Gasteiger partial charge >= 0.3 is 5.69 Å². The molecule has 3 aromatic rings. The summed E-state index contributed by atoms with van der Waals surface area (Å²) in [6.45, 7) is 7.15. The molecule has 2 heterocycles. The lowest BCUT2D eigenvalue weighted by molar-refractivity contribution is 0.0938. The van der Waals surface area contributed by atoms with Crippen LogP contribution < -0.4 is 21.3 Å². The molecular formula is C24H35N5O4. The van der Waals surface area contributed by atoms with Crippen molar-refractivity contribution >= 4 is 17.1 Å². The third-order valence-electron chi connectivity index (χ3n) is 5.92. The highest BCUT2D eigenvalue weighted by atomic mass is 16.5. The van der Waals surface area contributed by atoms with Gasteiger partial charge in [0.15, 0.2) is 11.2 Å². The van der Waals surface area contributed by atoms with Crippen LogP contribution in [0.25, 0.3) is 11.2 Å². The number of fused-ring (bicyclic) bond motifs is 1. The summed E-state index contributed by atoms with van der Waals surface area (Å²) < 4.78 is 8.69. The maximum atomic E-state index is 12.6. The van der Waals surface area contributed by atoms with Gasteiger partial charge in [0.2, 0.25) is 5.95 Å². The Hall–Kier alpha value is -3.07. The molecule has 180 valence electrons. The Kier molecular flexibility index (Phi) is 8.32. The Morgan fingerprint density at radius 1 is 1.27 bits per heavy atom. The molecule has 2 unspecified atom stereocenters. The zero-order valence-corrected chi connectivity index (χ0v) is 19.9. The second-order valence-corrected chi connectivity index (χ2v) is 8.62. The van der Waals surface area contributed by atoms with E-state index in [-0.39, 0.29) is 24.3 Å². The number of aliphatic hydroxyl groups excluding tert-OH is 1. The summed E-state index contributed by atoms with van der Waals surface area (Å²) in [6, 6.07) is 7.60. The van der Waals surface area contributed by atoms with E-state index < -0.39 is 17.4 Å². The normalized spacial score (nSPS) is 13.2. The van der Waals surface area contributed by atoms with Gasteiger partial charge in [-0.15, -0.1) is 0 Å². The van der Waals surface area contributed by atoms with Gasteiger partial charge in [0.25, 0.3) is 5.56 Å². The topological polar surface area (TPSA) is 114 Å². The first-order valence-corrected chi connectivity index (χ1v) is 11.6. The Balaban J connectivity index is 1.85. The third kappa shape index (κ3) is 6.04. The van der Waals surface area contributed by atoms with E-state index >= 15 is 0 Å². The van der Waals surface area contributed by atoms with Crippen LogP contribution in [0, 0.1) is 12.8 Å². The lowest BCUT2D eigenvalue weighted by Crippen LogP contribution is -2.31. The van der Waals surface area contributed by atoms with E-state index in [1.54, 1.807) is 11.6 Å². The summed E-state index contributed by atoms with van der Waals surface area (Å²) in [5.41, 5.74) is 0.533. The summed E-state index contributed by atoms with van der Waals surface area (Å²) in [4.78, 5) is 31.6. The van der Waals surface area contributed by atoms with Crippen LogP contribution in [0.3, 0.4) is 0 Å². The van der Waals surface area contributed by atoms with E-state index in [9.17, 15) is 14.7 Å². The van der Waals surface area contributed by atoms with E-state index in [2.05, 4.69) is 29.1 Å². The van der Waals surface area contributed by atoms with Gasteiger partial charge in [0.1, 0.15) is 18.5 Å². The Morgan fingerprint density at radius 3 is 2.76 bits per heavy atom. The Bertz CT molecular complexity index is 1180. The molecule has 0 aliphatic carbocycles. The van der Waals surface area contributed by atoms with Crippen LogP contribution in [0.15, 0.2) is 33.9 Å². The molecule has 0 radical (unpaired) electrons. The molecule has 0 saturated heterocycles. The number of rotatable bonds is 12. The molecule has 0 amide bonds. The number of hydrogen-bond donors (Lipinski definition) is 3. The molecule has 0 aliphatic heterocycles. The highest BCUT2D eigenvalue weighted by Gasteiger charge is 2.20. The van der Waals surface area contributed by atoms with Crippen molar-refractivity contribution in [1.82, 2.24) is 19.1 Å². The number of nitrogens with one attached hydrogen (secondary N) is 2. The number of aliphatic hydroxyl groups is 1. The number of H-pyrrole nitrogens is 1. The molecule has 3 rings (SSSR count). The van der Waals surface area contributed by atoms with Gasteiger partial charge in [-0.2, -0.15) is 4.98 Å². The number of ether oxygens (including phenoxy) is 1. The standard InChI is InChI=1S/C24H35N5O4/c1-5-7-10-17(6-2)13-25-23-26-21-20(22(31)27-24(32)28(21)4)29(23)14-18(30)15-33-19-11-8-9-16(3)12-19/h8-9,11-12,17-18,30H,5-7,10,13-15H2,1-4H3,(H,25,26)(H,27,31,32). The lowest BCUT2D eigenvalue weighted by Gasteiger charge is -2.18. The fourth-order valence-electron chi connectivity index (χ4n) is 3.89. The van der Waals surface area contributed by atoms with Gasteiger partial charge in [-0.1, -0.05) is 45.2 Å². The minimum Gasteiger partial charge on any atom is -0.491 e. The largest absolute Gasteiger partial charge is 0.491 e.